The van der Waals surface area contributed by atoms with E-state index in [0.717, 1.165) is 43.3 Å². The molecule has 1 aromatic heterocycles. The Bertz CT molecular complexity index is 645. The topological polar surface area (TPSA) is 50.3 Å². The predicted octanol–water partition coefficient (Wildman–Crippen LogP) is 2.36. The maximum absolute atomic E-state index is 12.9. The summed E-state index contributed by atoms with van der Waals surface area (Å²) in [7, 11) is 3.73. The van der Waals surface area contributed by atoms with Gasteiger partial charge in [0, 0.05) is 13.1 Å². The van der Waals surface area contributed by atoms with E-state index in [0.29, 0.717) is 5.95 Å². The van der Waals surface area contributed by atoms with Gasteiger partial charge in [-0.1, -0.05) is 0 Å². The van der Waals surface area contributed by atoms with Gasteiger partial charge in [0.1, 0.15) is 5.75 Å². The van der Waals surface area contributed by atoms with Crippen molar-refractivity contribution in [1.82, 2.24) is 14.9 Å². The van der Waals surface area contributed by atoms with Crippen LogP contribution in [0.2, 0.25) is 0 Å². The molecule has 0 saturated heterocycles. The first-order valence-corrected chi connectivity index (χ1v) is 6.78. The molecular weight excluding hydrogens is 271 g/mol. The molecule has 0 amide bonds. The van der Waals surface area contributed by atoms with Gasteiger partial charge in [-0.15, -0.1) is 0 Å². The Balaban J connectivity index is 1.93. The molecule has 5 nitrogen and oxygen atoms in total. The van der Waals surface area contributed by atoms with E-state index in [1.54, 1.807) is 7.11 Å². The Morgan fingerprint density at radius 3 is 2.71 bits per heavy atom. The molecular formula is C15H17FN4O. The molecule has 3 rings (SSSR count). The van der Waals surface area contributed by atoms with E-state index in [1.165, 1.54) is 11.1 Å². The van der Waals surface area contributed by atoms with E-state index < -0.39 is 5.82 Å². The lowest BCUT2D eigenvalue weighted by Crippen LogP contribution is -2.26. The quantitative estimate of drug-likeness (QED) is 0.939. The third kappa shape index (κ3) is 2.95. The van der Waals surface area contributed by atoms with E-state index in [1.807, 2.05) is 6.07 Å². The van der Waals surface area contributed by atoms with Gasteiger partial charge in [0.25, 0.3) is 0 Å². The Morgan fingerprint density at radius 1 is 1.24 bits per heavy atom. The molecule has 1 aromatic carbocycles. The first-order valence-electron chi connectivity index (χ1n) is 6.78. The molecule has 0 atom stereocenters. The normalized spacial score (nSPS) is 14.6. The van der Waals surface area contributed by atoms with Crippen molar-refractivity contribution in [2.24, 2.45) is 0 Å². The van der Waals surface area contributed by atoms with Crippen molar-refractivity contribution >= 4 is 11.6 Å². The minimum Gasteiger partial charge on any atom is -0.495 e. The van der Waals surface area contributed by atoms with Crippen LogP contribution < -0.4 is 10.1 Å². The van der Waals surface area contributed by atoms with E-state index >= 15 is 0 Å². The molecule has 0 spiro atoms. The van der Waals surface area contributed by atoms with Gasteiger partial charge in [0.2, 0.25) is 5.95 Å². The first kappa shape index (κ1) is 13.8. The van der Waals surface area contributed by atoms with Gasteiger partial charge in [-0.25, -0.2) is 14.4 Å². The number of hydrogen-bond acceptors (Lipinski definition) is 5. The summed E-state index contributed by atoms with van der Waals surface area (Å²) in [5, 5.41) is 3.08. The monoisotopic (exact) mass is 288 g/mol. The highest BCUT2D eigenvalue weighted by atomic mass is 19.1. The largest absolute Gasteiger partial charge is 0.495 e. The van der Waals surface area contributed by atoms with Gasteiger partial charge in [0.05, 0.1) is 25.2 Å². The molecule has 6 heteroatoms. The zero-order valence-corrected chi connectivity index (χ0v) is 12.1. The Kier molecular flexibility index (Phi) is 3.70. The van der Waals surface area contributed by atoms with E-state index in [2.05, 4.69) is 33.3 Å². The highest BCUT2D eigenvalue weighted by Crippen LogP contribution is 2.32. The fraction of sp³-hybridized carbons (Fsp3) is 0.333. The molecule has 110 valence electrons. The van der Waals surface area contributed by atoms with Crippen LogP contribution in [-0.4, -0.2) is 35.6 Å². The summed E-state index contributed by atoms with van der Waals surface area (Å²) in [4.78, 5) is 10.1. The fourth-order valence-electron chi connectivity index (χ4n) is 2.49. The third-order valence-corrected chi connectivity index (χ3v) is 3.59. The van der Waals surface area contributed by atoms with Crippen molar-refractivity contribution < 1.29 is 9.13 Å². The van der Waals surface area contributed by atoms with Gasteiger partial charge >= 0.3 is 0 Å². The molecule has 0 bridgehead atoms. The second kappa shape index (κ2) is 5.65. The molecule has 0 radical (unpaired) electrons. The SMILES string of the molecule is COc1cc2c(cc1Nc1ncc(F)cn1)CN(C)CC2. The summed E-state index contributed by atoms with van der Waals surface area (Å²) >= 11 is 0. The van der Waals surface area contributed by atoms with Crippen molar-refractivity contribution in [1.29, 1.82) is 0 Å². The number of hydrogen-bond donors (Lipinski definition) is 1. The second-order valence-electron chi connectivity index (χ2n) is 5.16. The molecule has 1 aliphatic rings. The molecule has 0 saturated carbocycles. The van der Waals surface area contributed by atoms with Crippen LogP contribution in [0.4, 0.5) is 16.0 Å². The van der Waals surface area contributed by atoms with E-state index in [-0.39, 0.29) is 0 Å². The molecule has 0 fully saturated rings. The number of fused-ring (bicyclic) bond motifs is 1. The summed E-state index contributed by atoms with van der Waals surface area (Å²) in [6, 6.07) is 4.10. The average molecular weight is 288 g/mol. The van der Waals surface area contributed by atoms with Crippen molar-refractivity contribution in [3.8, 4) is 5.75 Å². The molecule has 1 aliphatic heterocycles. The molecule has 0 unspecified atom stereocenters. The summed E-state index contributed by atoms with van der Waals surface area (Å²) < 4.78 is 18.3. The predicted molar refractivity (Wildman–Crippen MR) is 78.3 cm³/mol. The van der Waals surface area contributed by atoms with Crippen molar-refractivity contribution in [2.45, 2.75) is 13.0 Å². The summed E-state index contributed by atoms with van der Waals surface area (Å²) in [6.45, 7) is 1.95. The van der Waals surface area contributed by atoms with Crippen LogP contribution in [0.5, 0.6) is 5.75 Å². The average Bonchev–Trinajstić information content (AvgIpc) is 2.49. The lowest BCUT2D eigenvalue weighted by atomic mass is 9.99. The van der Waals surface area contributed by atoms with Crippen molar-refractivity contribution in [3.05, 3.63) is 41.5 Å². The summed E-state index contributed by atoms with van der Waals surface area (Å²) in [5.41, 5.74) is 3.35. The van der Waals surface area contributed by atoms with Crippen LogP contribution in [0.15, 0.2) is 24.5 Å². The smallest absolute Gasteiger partial charge is 0.227 e. The lowest BCUT2D eigenvalue weighted by molar-refractivity contribution is 0.312. The van der Waals surface area contributed by atoms with Gasteiger partial charge < -0.3 is 15.0 Å². The highest BCUT2D eigenvalue weighted by Gasteiger charge is 2.17. The molecule has 2 aromatic rings. The zero-order valence-electron chi connectivity index (χ0n) is 12.1. The molecule has 21 heavy (non-hydrogen) atoms. The van der Waals surface area contributed by atoms with Crippen LogP contribution in [0.1, 0.15) is 11.1 Å². The number of rotatable bonds is 3. The zero-order chi connectivity index (χ0) is 14.8. The summed E-state index contributed by atoms with van der Waals surface area (Å²) in [5.74, 6) is 0.629. The van der Waals surface area contributed by atoms with Gasteiger partial charge in [-0.3, -0.25) is 0 Å². The Hall–Kier alpha value is -2.21. The van der Waals surface area contributed by atoms with Crippen LogP contribution in [0.3, 0.4) is 0 Å². The number of ether oxygens (including phenoxy) is 1. The molecule has 2 heterocycles. The number of nitrogens with one attached hydrogen (secondary N) is 1. The van der Waals surface area contributed by atoms with E-state index in [4.69, 9.17) is 4.74 Å². The maximum atomic E-state index is 12.9. The van der Waals surface area contributed by atoms with Crippen LogP contribution in [0.25, 0.3) is 0 Å². The number of anilines is 2. The maximum Gasteiger partial charge on any atom is 0.227 e. The third-order valence-electron chi connectivity index (χ3n) is 3.59. The van der Waals surface area contributed by atoms with Crippen LogP contribution >= 0.6 is 0 Å². The molecule has 1 N–H and O–H groups in total. The first-order chi connectivity index (χ1) is 10.2. The second-order valence-corrected chi connectivity index (χ2v) is 5.16. The fourth-order valence-corrected chi connectivity index (χ4v) is 2.49. The Labute approximate surface area is 122 Å². The minimum atomic E-state index is -0.459. The van der Waals surface area contributed by atoms with Gasteiger partial charge in [-0.2, -0.15) is 0 Å². The van der Waals surface area contributed by atoms with Crippen molar-refractivity contribution in [3.63, 3.8) is 0 Å². The number of benzene rings is 1. The lowest BCUT2D eigenvalue weighted by Gasteiger charge is -2.26. The standard InChI is InChI=1S/C15H17FN4O/c1-20-4-3-10-6-14(21-2)13(5-11(10)9-20)19-15-17-7-12(16)8-18-15/h5-8H,3-4,9H2,1-2H3,(H,17,18,19). The van der Waals surface area contributed by atoms with Gasteiger partial charge in [0.15, 0.2) is 5.82 Å². The Morgan fingerprint density at radius 2 is 2.00 bits per heavy atom. The summed E-state index contributed by atoms with van der Waals surface area (Å²) in [6.07, 6.45) is 3.28. The van der Waals surface area contributed by atoms with E-state index in [9.17, 15) is 4.39 Å². The van der Waals surface area contributed by atoms with Crippen LogP contribution in [0, 0.1) is 5.82 Å². The number of nitrogens with zero attached hydrogens (tertiary/aromatic N) is 3. The number of aromatic nitrogens is 2. The van der Waals surface area contributed by atoms with Crippen molar-refractivity contribution in [2.75, 3.05) is 26.0 Å². The number of halogens is 1. The number of methoxy groups -OCH3 is 1. The van der Waals surface area contributed by atoms with Crippen LogP contribution in [-0.2, 0) is 13.0 Å². The highest BCUT2D eigenvalue weighted by molar-refractivity contribution is 5.65. The number of likely N-dealkylation sites (N-methyl/N-ethyl adjacent to an activating group) is 1. The minimum absolute atomic E-state index is 0.346. The van der Waals surface area contributed by atoms with Gasteiger partial charge in [-0.05, 0) is 36.7 Å². The molecule has 0 aliphatic carbocycles.